The lowest BCUT2D eigenvalue weighted by molar-refractivity contribution is -0.145. The molecule has 0 spiro atoms. The number of methoxy groups -OCH3 is 2. The number of rotatable bonds is 5. The lowest BCUT2D eigenvalue weighted by Gasteiger charge is -2.21. The van der Waals surface area contributed by atoms with E-state index in [0.29, 0.717) is 11.3 Å². The molecule has 0 aliphatic rings. The Kier molecular flexibility index (Phi) is 6.30. The van der Waals surface area contributed by atoms with Crippen LogP contribution in [0, 0.1) is 5.92 Å². The summed E-state index contributed by atoms with van der Waals surface area (Å²) in [7, 11) is 4.34. The molecule has 0 bridgehead atoms. The van der Waals surface area contributed by atoms with E-state index < -0.39 is 5.92 Å². The molecule has 1 unspecified atom stereocenters. The molecule has 1 atom stereocenters. The van der Waals surface area contributed by atoms with Crippen LogP contribution in [0.2, 0.25) is 10.0 Å². The summed E-state index contributed by atoms with van der Waals surface area (Å²) in [6.45, 7) is 1.91. The first-order valence-electron chi connectivity index (χ1n) is 6.18. The summed E-state index contributed by atoms with van der Waals surface area (Å²) in [4.78, 5) is 25.1. The maximum Gasteiger partial charge on any atom is 0.310 e. The Bertz CT molecular complexity index is 525. The zero-order valence-electron chi connectivity index (χ0n) is 12.3. The Morgan fingerprint density at radius 3 is 2.19 bits per heavy atom. The third-order valence-corrected chi connectivity index (χ3v) is 3.51. The molecule has 0 radical (unpaired) electrons. The quantitative estimate of drug-likeness (QED) is 0.777. The molecule has 0 aliphatic carbocycles. The van der Waals surface area contributed by atoms with Crippen molar-refractivity contribution in [1.29, 1.82) is 0 Å². The number of carbonyl (C=O) groups excluding carboxylic acids is 2. The van der Waals surface area contributed by atoms with E-state index in [0.717, 1.165) is 0 Å². The second-order valence-electron chi connectivity index (χ2n) is 4.58. The van der Waals surface area contributed by atoms with Gasteiger partial charge in [0.1, 0.15) is 0 Å². The highest BCUT2D eigenvalue weighted by Crippen LogP contribution is 2.34. The second-order valence-corrected chi connectivity index (χ2v) is 5.40. The van der Waals surface area contributed by atoms with Crippen LogP contribution in [0.4, 0.5) is 0 Å². The fraction of sp³-hybridized carbons (Fsp3) is 0.429. The number of nitrogens with zero attached hydrogens (tertiary/aromatic N) is 1. The highest BCUT2D eigenvalue weighted by atomic mass is 35.5. The van der Waals surface area contributed by atoms with E-state index in [9.17, 15) is 9.59 Å². The molecule has 21 heavy (non-hydrogen) atoms. The average Bonchev–Trinajstić information content (AvgIpc) is 2.44. The van der Waals surface area contributed by atoms with E-state index in [2.05, 4.69) is 4.74 Å². The van der Waals surface area contributed by atoms with Crippen LogP contribution in [0.1, 0.15) is 17.3 Å². The van der Waals surface area contributed by atoms with Crippen molar-refractivity contribution >= 4 is 35.1 Å². The standard InChI is InChI=1S/C14H17Cl2NO4/c1-8(14(19)21-4)7-17(2)13(18)9-5-10(15)12(20-3)11(16)6-9/h5-6,8H,7H2,1-4H3. The first kappa shape index (κ1) is 17.6. The largest absolute Gasteiger partial charge is 0.494 e. The van der Waals surface area contributed by atoms with Gasteiger partial charge in [0.25, 0.3) is 5.91 Å². The Morgan fingerprint density at radius 2 is 1.76 bits per heavy atom. The summed E-state index contributed by atoms with van der Waals surface area (Å²) >= 11 is 12.0. The first-order valence-corrected chi connectivity index (χ1v) is 6.93. The zero-order chi connectivity index (χ0) is 16.2. The highest BCUT2D eigenvalue weighted by Gasteiger charge is 2.21. The van der Waals surface area contributed by atoms with E-state index in [1.807, 2.05) is 0 Å². The number of amides is 1. The topological polar surface area (TPSA) is 55.8 Å². The van der Waals surface area contributed by atoms with Gasteiger partial charge in [0, 0.05) is 19.2 Å². The van der Waals surface area contributed by atoms with Crippen LogP contribution in [-0.4, -0.2) is 44.6 Å². The van der Waals surface area contributed by atoms with Gasteiger partial charge in [-0.2, -0.15) is 0 Å². The first-order chi connectivity index (χ1) is 9.81. The van der Waals surface area contributed by atoms with Crippen molar-refractivity contribution in [3.8, 4) is 5.75 Å². The van der Waals surface area contributed by atoms with Crippen molar-refractivity contribution in [2.75, 3.05) is 27.8 Å². The molecule has 1 aromatic carbocycles. The minimum atomic E-state index is -0.423. The fourth-order valence-corrected chi connectivity index (χ4v) is 2.51. The number of benzene rings is 1. The molecule has 0 saturated carbocycles. The Hall–Kier alpha value is -1.46. The minimum Gasteiger partial charge on any atom is -0.494 e. The number of hydrogen-bond donors (Lipinski definition) is 0. The third-order valence-electron chi connectivity index (χ3n) is 2.95. The van der Waals surface area contributed by atoms with E-state index in [4.69, 9.17) is 27.9 Å². The monoisotopic (exact) mass is 333 g/mol. The Balaban J connectivity index is 2.91. The molecular weight excluding hydrogens is 317 g/mol. The fourth-order valence-electron chi connectivity index (χ4n) is 1.87. The Morgan fingerprint density at radius 1 is 1.24 bits per heavy atom. The number of ether oxygens (including phenoxy) is 2. The zero-order valence-corrected chi connectivity index (χ0v) is 13.8. The second kappa shape index (κ2) is 7.52. The molecule has 1 aromatic rings. The SMILES string of the molecule is COC(=O)C(C)CN(C)C(=O)c1cc(Cl)c(OC)c(Cl)c1. The van der Waals surface area contributed by atoms with E-state index in [-0.39, 0.29) is 28.5 Å². The summed E-state index contributed by atoms with van der Waals surface area (Å²) in [5.74, 6) is -0.772. The van der Waals surface area contributed by atoms with Crippen LogP contribution in [-0.2, 0) is 9.53 Å². The van der Waals surface area contributed by atoms with Crippen LogP contribution in [0.3, 0.4) is 0 Å². The normalized spacial score (nSPS) is 11.7. The van der Waals surface area contributed by atoms with Gasteiger partial charge in [-0.1, -0.05) is 30.1 Å². The molecule has 116 valence electrons. The van der Waals surface area contributed by atoms with Gasteiger partial charge >= 0.3 is 5.97 Å². The van der Waals surface area contributed by atoms with Gasteiger partial charge < -0.3 is 14.4 Å². The maximum absolute atomic E-state index is 12.3. The molecule has 5 nitrogen and oxygen atoms in total. The molecule has 0 N–H and O–H groups in total. The summed E-state index contributed by atoms with van der Waals surface area (Å²) in [5.41, 5.74) is 0.324. The van der Waals surface area contributed by atoms with Gasteiger partial charge in [-0.25, -0.2) is 0 Å². The van der Waals surface area contributed by atoms with E-state index in [1.54, 1.807) is 14.0 Å². The smallest absolute Gasteiger partial charge is 0.310 e. The van der Waals surface area contributed by atoms with E-state index in [1.165, 1.54) is 31.3 Å². The highest BCUT2D eigenvalue weighted by molar-refractivity contribution is 6.37. The predicted octanol–water partition coefficient (Wildman–Crippen LogP) is 2.88. The van der Waals surface area contributed by atoms with Crippen LogP contribution in [0.15, 0.2) is 12.1 Å². The summed E-state index contributed by atoms with van der Waals surface area (Å²) in [6, 6.07) is 2.96. The lowest BCUT2D eigenvalue weighted by atomic mass is 10.1. The molecule has 0 aliphatic heterocycles. The number of carbonyl (C=O) groups is 2. The predicted molar refractivity (Wildman–Crippen MR) is 81.2 cm³/mol. The summed E-state index contributed by atoms with van der Waals surface area (Å²) in [5, 5.41) is 0.505. The van der Waals surface area contributed by atoms with Gasteiger partial charge in [-0.15, -0.1) is 0 Å². The van der Waals surface area contributed by atoms with Crippen LogP contribution in [0.5, 0.6) is 5.75 Å². The molecule has 1 rings (SSSR count). The van der Waals surface area contributed by atoms with Gasteiger partial charge in [0.05, 0.1) is 30.2 Å². The minimum absolute atomic E-state index is 0.229. The molecule has 0 fully saturated rings. The molecule has 0 heterocycles. The van der Waals surface area contributed by atoms with Crippen molar-refractivity contribution in [2.45, 2.75) is 6.92 Å². The lowest BCUT2D eigenvalue weighted by Crippen LogP contribution is -2.34. The van der Waals surface area contributed by atoms with Gasteiger partial charge in [-0.05, 0) is 12.1 Å². The molecule has 0 saturated heterocycles. The Labute approximate surface area is 133 Å². The third kappa shape index (κ3) is 4.25. The summed E-state index contributed by atoms with van der Waals surface area (Å²) in [6.07, 6.45) is 0. The van der Waals surface area contributed by atoms with Gasteiger partial charge in [-0.3, -0.25) is 9.59 Å². The van der Waals surface area contributed by atoms with Crippen molar-refractivity contribution in [3.63, 3.8) is 0 Å². The average molecular weight is 334 g/mol. The van der Waals surface area contributed by atoms with Crippen molar-refractivity contribution in [3.05, 3.63) is 27.7 Å². The molecule has 1 amide bonds. The van der Waals surface area contributed by atoms with Crippen LogP contribution < -0.4 is 4.74 Å². The number of esters is 1. The van der Waals surface area contributed by atoms with Gasteiger partial charge in [0.15, 0.2) is 5.75 Å². The van der Waals surface area contributed by atoms with Crippen molar-refractivity contribution < 1.29 is 19.1 Å². The van der Waals surface area contributed by atoms with Crippen LogP contribution >= 0.6 is 23.2 Å². The number of hydrogen-bond acceptors (Lipinski definition) is 4. The molecule has 7 heteroatoms. The van der Waals surface area contributed by atoms with E-state index >= 15 is 0 Å². The van der Waals surface area contributed by atoms with Gasteiger partial charge in [0.2, 0.25) is 0 Å². The van der Waals surface area contributed by atoms with Crippen molar-refractivity contribution in [1.82, 2.24) is 4.90 Å². The molecule has 0 aromatic heterocycles. The summed E-state index contributed by atoms with van der Waals surface area (Å²) < 4.78 is 9.66. The number of halogens is 2. The van der Waals surface area contributed by atoms with Crippen molar-refractivity contribution in [2.24, 2.45) is 5.92 Å². The van der Waals surface area contributed by atoms with Crippen LogP contribution in [0.25, 0.3) is 0 Å². The molecular formula is C14H17Cl2NO4. The maximum atomic E-state index is 12.3.